The summed E-state index contributed by atoms with van der Waals surface area (Å²) in [5, 5.41) is 4.86. The van der Waals surface area contributed by atoms with Gasteiger partial charge in [0.1, 0.15) is 11.6 Å². The molecule has 1 atom stereocenters. The summed E-state index contributed by atoms with van der Waals surface area (Å²) >= 11 is 0. The number of benzene rings is 1. The molecular formula is C22H19N5O4. The van der Waals surface area contributed by atoms with E-state index in [9.17, 15) is 14.4 Å². The molecule has 0 spiro atoms. The van der Waals surface area contributed by atoms with Gasteiger partial charge in [0.25, 0.3) is 11.8 Å². The third-order valence-corrected chi connectivity index (χ3v) is 5.60. The molecule has 2 N–H and O–H groups in total. The minimum absolute atomic E-state index is 0.0686. The molecule has 9 nitrogen and oxygen atoms in total. The van der Waals surface area contributed by atoms with E-state index in [2.05, 4.69) is 27.5 Å². The number of nitrogens with zero attached hydrogens (tertiary/aromatic N) is 3. The summed E-state index contributed by atoms with van der Waals surface area (Å²) in [7, 11) is 1.53. The van der Waals surface area contributed by atoms with Crippen molar-refractivity contribution in [2.24, 2.45) is 4.99 Å². The number of urea groups is 1. The molecule has 0 bridgehead atoms. The number of methoxy groups -OCH3 is 1. The van der Waals surface area contributed by atoms with Gasteiger partial charge >= 0.3 is 6.03 Å². The second-order valence-corrected chi connectivity index (χ2v) is 7.60. The van der Waals surface area contributed by atoms with E-state index in [1.54, 1.807) is 12.1 Å². The molecule has 4 aliphatic rings. The minimum atomic E-state index is -1.53. The largest absolute Gasteiger partial charge is 0.497 e. The molecule has 0 saturated carbocycles. The van der Waals surface area contributed by atoms with Gasteiger partial charge < -0.3 is 19.9 Å². The molecule has 5 rings (SSSR count). The maximum absolute atomic E-state index is 12.9. The van der Waals surface area contributed by atoms with Crippen LogP contribution in [0.1, 0.15) is 15.9 Å². The molecule has 0 aliphatic carbocycles. The van der Waals surface area contributed by atoms with Crippen molar-refractivity contribution in [2.75, 3.05) is 26.7 Å². The van der Waals surface area contributed by atoms with E-state index in [-0.39, 0.29) is 12.5 Å². The van der Waals surface area contributed by atoms with Crippen LogP contribution in [-0.2, 0) is 11.3 Å². The number of amidine groups is 1. The Bertz CT molecular complexity index is 1170. The molecule has 4 heterocycles. The van der Waals surface area contributed by atoms with Crippen LogP contribution in [0.25, 0.3) is 0 Å². The number of amides is 4. The Morgan fingerprint density at radius 1 is 1.26 bits per heavy atom. The number of ether oxygens (including phenoxy) is 1. The van der Waals surface area contributed by atoms with Crippen LogP contribution >= 0.6 is 0 Å². The number of carbonyl (C=O) groups excluding carboxylic acids is 3. The third kappa shape index (κ3) is 3.22. The first-order valence-electron chi connectivity index (χ1n) is 9.81. The SMILES string of the molecule is COc1ccc2c(c1)C(=O)N(C[C@@]1(C#CC3=CN4CCN=C4C=C3)NC(=O)NC1=O)C2. The van der Waals surface area contributed by atoms with Gasteiger partial charge in [0.15, 0.2) is 0 Å². The van der Waals surface area contributed by atoms with Gasteiger partial charge in [0.2, 0.25) is 5.54 Å². The summed E-state index contributed by atoms with van der Waals surface area (Å²) in [6, 6.07) is 4.65. The van der Waals surface area contributed by atoms with Crippen LogP contribution in [0.2, 0.25) is 0 Å². The standard InChI is InChI=1S/C22H19N5O4/c1-31-16-4-3-15-12-27(19(28)17(15)10-16)13-22(20(29)24-21(30)25-22)7-6-14-2-5-18-23-8-9-26(18)11-14/h2-5,10-11H,8-9,12-13H2,1H3,(H2,24,25,29,30)/t22-/m1/s1. The maximum atomic E-state index is 12.9. The smallest absolute Gasteiger partial charge is 0.323 e. The zero-order valence-corrected chi connectivity index (χ0v) is 16.8. The van der Waals surface area contributed by atoms with Crippen LogP contribution in [0.3, 0.4) is 0 Å². The maximum Gasteiger partial charge on any atom is 0.323 e. The highest BCUT2D eigenvalue weighted by Crippen LogP contribution is 2.28. The number of imide groups is 1. The minimum Gasteiger partial charge on any atom is -0.497 e. The summed E-state index contributed by atoms with van der Waals surface area (Å²) in [6.07, 6.45) is 5.55. The summed E-state index contributed by atoms with van der Waals surface area (Å²) in [5.74, 6) is 6.56. The van der Waals surface area contributed by atoms with Gasteiger partial charge in [0.05, 0.1) is 20.2 Å². The quantitative estimate of drug-likeness (QED) is 0.548. The lowest BCUT2D eigenvalue weighted by molar-refractivity contribution is -0.122. The van der Waals surface area contributed by atoms with Crippen molar-refractivity contribution in [3.05, 3.63) is 53.3 Å². The molecule has 1 aromatic rings. The van der Waals surface area contributed by atoms with E-state index in [0.717, 1.165) is 24.5 Å². The van der Waals surface area contributed by atoms with E-state index in [1.165, 1.54) is 12.0 Å². The zero-order chi connectivity index (χ0) is 21.6. The Labute approximate surface area is 178 Å². The lowest BCUT2D eigenvalue weighted by Crippen LogP contribution is -2.54. The first kappa shape index (κ1) is 18.9. The van der Waals surface area contributed by atoms with Crippen LogP contribution in [0.5, 0.6) is 5.75 Å². The highest BCUT2D eigenvalue weighted by molar-refractivity contribution is 6.10. The summed E-state index contributed by atoms with van der Waals surface area (Å²) in [6.45, 7) is 1.75. The van der Waals surface area contributed by atoms with Crippen molar-refractivity contribution in [1.82, 2.24) is 20.4 Å². The molecule has 0 aromatic heterocycles. The number of hydrogen-bond acceptors (Lipinski definition) is 6. The first-order chi connectivity index (χ1) is 15.0. The van der Waals surface area contributed by atoms with Gasteiger partial charge in [-0.05, 0) is 29.8 Å². The number of nitrogens with one attached hydrogen (secondary N) is 2. The van der Waals surface area contributed by atoms with Gasteiger partial charge in [-0.3, -0.25) is 19.9 Å². The Hall–Kier alpha value is -4.06. The molecule has 31 heavy (non-hydrogen) atoms. The molecule has 0 radical (unpaired) electrons. The molecule has 4 aliphatic heterocycles. The summed E-state index contributed by atoms with van der Waals surface area (Å²) in [5.41, 5.74) is 0.505. The van der Waals surface area contributed by atoms with E-state index >= 15 is 0 Å². The normalized spacial score (nSPS) is 23.5. The molecule has 1 saturated heterocycles. The van der Waals surface area contributed by atoms with Crippen LogP contribution in [0, 0.1) is 11.8 Å². The van der Waals surface area contributed by atoms with Gasteiger partial charge in [-0.2, -0.15) is 0 Å². The van der Waals surface area contributed by atoms with Crippen LogP contribution in [-0.4, -0.2) is 65.8 Å². The van der Waals surface area contributed by atoms with Crippen molar-refractivity contribution in [1.29, 1.82) is 0 Å². The topological polar surface area (TPSA) is 103 Å². The molecule has 9 heteroatoms. The Morgan fingerprint density at radius 2 is 2.13 bits per heavy atom. The molecule has 0 unspecified atom stereocenters. The molecule has 156 valence electrons. The number of carbonyl (C=O) groups is 3. The van der Waals surface area contributed by atoms with Crippen molar-refractivity contribution in [2.45, 2.75) is 12.1 Å². The average Bonchev–Trinajstić information content (AvgIpc) is 3.43. The van der Waals surface area contributed by atoms with Crippen molar-refractivity contribution in [3.63, 3.8) is 0 Å². The molecule has 1 fully saturated rings. The molecule has 4 amide bonds. The van der Waals surface area contributed by atoms with E-state index < -0.39 is 17.5 Å². The van der Waals surface area contributed by atoms with Crippen molar-refractivity contribution < 1.29 is 19.1 Å². The second-order valence-electron chi connectivity index (χ2n) is 7.60. The van der Waals surface area contributed by atoms with Gasteiger partial charge in [0, 0.05) is 30.4 Å². The third-order valence-electron chi connectivity index (χ3n) is 5.60. The van der Waals surface area contributed by atoms with Crippen LogP contribution < -0.4 is 15.4 Å². The monoisotopic (exact) mass is 417 g/mol. The van der Waals surface area contributed by atoms with E-state index in [1.807, 2.05) is 29.3 Å². The highest BCUT2D eigenvalue weighted by atomic mass is 16.5. The lowest BCUT2D eigenvalue weighted by atomic mass is 9.99. The van der Waals surface area contributed by atoms with Gasteiger partial charge in [-0.15, -0.1) is 0 Å². The fraction of sp³-hybridized carbons (Fsp3) is 0.273. The van der Waals surface area contributed by atoms with E-state index in [4.69, 9.17) is 4.74 Å². The Morgan fingerprint density at radius 3 is 2.90 bits per heavy atom. The highest BCUT2D eigenvalue weighted by Gasteiger charge is 2.48. The first-order valence-corrected chi connectivity index (χ1v) is 9.81. The predicted octanol–water partition coefficient (Wildman–Crippen LogP) is 0.400. The summed E-state index contributed by atoms with van der Waals surface area (Å²) < 4.78 is 5.20. The lowest BCUT2D eigenvalue weighted by Gasteiger charge is -2.26. The van der Waals surface area contributed by atoms with Gasteiger partial charge in [-0.25, -0.2) is 4.79 Å². The van der Waals surface area contributed by atoms with Gasteiger partial charge in [-0.1, -0.05) is 17.9 Å². The Balaban J connectivity index is 1.43. The van der Waals surface area contributed by atoms with Crippen LogP contribution in [0.15, 0.2) is 47.1 Å². The van der Waals surface area contributed by atoms with Crippen LogP contribution in [0.4, 0.5) is 4.79 Å². The fourth-order valence-electron chi connectivity index (χ4n) is 4.00. The number of fused-ring (bicyclic) bond motifs is 2. The van der Waals surface area contributed by atoms with Crippen molar-refractivity contribution >= 4 is 23.7 Å². The molecule has 1 aromatic carbocycles. The number of rotatable bonds is 3. The second kappa shape index (κ2) is 7.02. The zero-order valence-electron chi connectivity index (χ0n) is 16.8. The Kier molecular flexibility index (Phi) is 4.29. The number of allylic oxidation sites excluding steroid dienone is 2. The fourth-order valence-corrected chi connectivity index (χ4v) is 4.00. The number of aliphatic imine (C=N–C) groups is 1. The average molecular weight is 417 g/mol. The molecular weight excluding hydrogens is 398 g/mol. The van der Waals surface area contributed by atoms with E-state index in [0.29, 0.717) is 23.4 Å². The van der Waals surface area contributed by atoms with Crippen molar-refractivity contribution in [3.8, 4) is 17.6 Å². The predicted molar refractivity (Wildman–Crippen MR) is 111 cm³/mol. The summed E-state index contributed by atoms with van der Waals surface area (Å²) in [4.78, 5) is 45.5. The number of hydrogen-bond donors (Lipinski definition) is 2.